The Morgan fingerprint density at radius 2 is 1.94 bits per heavy atom. The molecule has 33 heavy (non-hydrogen) atoms. The number of hydrogen-bond acceptors (Lipinski definition) is 5. The summed E-state index contributed by atoms with van der Waals surface area (Å²) in [7, 11) is 0. The highest BCUT2D eigenvalue weighted by Crippen LogP contribution is 2.30. The highest BCUT2D eigenvalue weighted by Gasteiger charge is 2.26. The number of hydrogen-bond donors (Lipinski definition) is 1. The molecule has 168 valence electrons. The van der Waals surface area contributed by atoms with E-state index in [1.807, 2.05) is 71.8 Å². The second-order valence-corrected chi connectivity index (χ2v) is 9.38. The van der Waals surface area contributed by atoms with E-state index in [0.29, 0.717) is 18.5 Å². The lowest BCUT2D eigenvalue weighted by Crippen LogP contribution is -2.33. The number of amides is 1. The van der Waals surface area contributed by atoms with Crippen molar-refractivity contribution in [3.8, 4) is 11.1 Å². The van der Waals surface area contributed by atoms with Crippen LogP contribution in [-0.2, 0) is 11.3 Å². The fourth-order valence-corrected chi connectivity index (χ4v) is 5.23. The molecular formula is C26H26N4O2S. The number of likely N-dealkylation sites (tertiary alicyclic amines) is 1. The van der Waals surface area contributed by atoms with Crippen LogP contribution in [-0.4, -0.2) is 39.5 Å². The Balaban J connectivity index is 1.26. The van der Waals surface area contributed by atoms with Crippen LogP contribution in [0.1, 0.15) is 18.4 Å². The molecule has 0 aliphatic carbocycles. The average Bonchev–Trinajstić information content (AvgIpc) is 3.47. The number of aryl methyl sites for hydroxylation is 2. The zero-order valence-electron chi connectivity index (χ0n) is 18.5. The second-order valence-electron chi connectivity index (χ2n) is 8.52. The third kappa shape index (κ3) is 4.54. The number of anilines is 1. The fourth-order valence-electron chi connectivity index (χ4n) is 4.32. The van der Waals surface area contributed by atoms with Crippen LogP contribution in [0.3, 0.4) is 0 Å². The molecule has 0 radical (unpaired) electrons. The molecule has 0 spiro atoms. The number of rotatable bonds is 6. The number of carbonyl (C=O) groups is 1. The minimum Gasteiger partial charge on any atom is -0.380 e. The Bertz CT molecular complexity index is 1330. The number of benzene rings is 2. The van der Waals surface area contributed by atoms with Crippen LogP contribution < -0.4 is 10.9 Å². The summed E-state index contributed by atoms with van der Waals surface area (Å²) >= 11 is 1.47. The van der Waals surface area contributed by atoms with Crippen molar-refractivity contribution >= 4 is 33.1 Å². The Morgan fingerprint density at radius 3 is 2.73 bits per heavy atom. The lowest BCUT2D eigenvalue weighted by molar-refractivity contribution is -0.130. The van der Waals surface area contributed by atoms with E-state index >= 15 is 0 Å². The third-order valence-corrected chi connectivity index (χ3v) is 7.06. The molecule has 1 saturated heterocycles. The first kappa shape index (κ1) is 21.4. The van der Waals surface area contributed by atoms with Crippen LogP contribution in [0.5, 0.6) is 0 Å². The molecule has 3 heterocycles. The standard InChI is InChI=1S/C26H26N4O2S/c1-18-7-9-19(10-8-18)22-16-33-25-24(22)26(32)30(17-27-25)14-12-23(31)29-13-11-21(15-29)28-20-5-3-2-4-6-20/h2-10,16-17,21,28H,11-15H2,1H3. The molecule has 1 N–H and O–H groups in total. The number of nitrogens with one attached hydrogen (secondary N) is 1. The van der Waals surface area contributed by atoms with Crippen molar-refractivity contribution in [3.05, 3.63) is 82.2 Å². The molecular weight excluding hydrogens is 432 g/mol. The smallest absolute Gasteiger partial charge is 0.262 e. The first-order valence-electron chi connectivity index (χ1n) is 11.2. The maximum atomic E-state index is 13.2. The molecule has 7 heteroatoms. The summed E-state index contributed by atoms with van der Waals surface area (Å²) in [6, 6.07) is 18.5. The number of carbonyl (C=O) groups excluding carboxylic acids is 1. The minimum atomic E-state index is -0.0883. The molecule has 2 aromatic heterocycles. The van der Waals surface area contributed by atoms with Crippen molar-refractivity contribution in [2.75, 3.05) is 18.4 Å². The van der Waals surface area contributed by atoms with Gasteiger partial charge in [-0.25, -0.2) is 4.98 Å². The van der Waals surface area contributed by atoms with Gasteiger partial charge in [-0.15, -0.1) is 11.3 Å². The van der Waals surface area contributed by atoms with Crippen LogP contribution >= 0.6 is 11.3 Å². The van der Waals surface area contributed by atoms with Gasteiger partial charge >= 0.3 is 0 Å². The van der Waals surface area contributed by atoms with E-state index in [0.717, 1.165) is 34.6 Å². The number of thiophene rings is 1. The van der Waals surface area contributed by atoms with Gasteiger partial charge in [0.1, 0.15) is 4.83 Å². The molecule has 2 aromatic carbocycles. The minimum absolute atomic E-state index is 0.0726. The Hall–Kier alpha value is -3.45. The average molecular weight is 459 g/mol. The zero-order chi connectivity index (χ0) is 22.8. The summed E-state index contributed by atoms with van der Waals surface area (Å²) in [6.45, 7) is 3.79. The number of nitrogens with zero attached hydrogens (tertiary/aromatic N) is 3. The topological polar surface area (TPSA) is 67.2 Å². The third-order valence-electron chi connectivity index (χ3n) is 6.18. The summed E-state index contributed by atoms with van der Waals surface area (Å²) in [5.74, 6) is 0.0726. The molecule has 1 amide bonds. The van der Waals surface area contributed by atoms with E-state index in [9.17, 15) is 9.59 Å². The van der Waals surface area contributed by atoms with E-state index in [1.54, 1.807) is 10.9 Å². The van der Waals surface area contributed by atoms with Gasteiger partial charge in [0.15, 0.2) is 0 Å². The van der Waals surface area contributed by atoms with Crippen LogP contribution in [0.25, 0.3) is 21.3 Å². The molecule has 1 aliphatic heterocycles. The van der Waals surface area contributed by atoms with Crippen LogP contribution in [0.2, 0.25) is 0 Å². The predicted molar refractivity (Wildman–Crippen MR) is 134 cm³/mol. The molecule has 1 fully saturated rings. The number of para-hydroxylation sites is 1. The van der Waals surface area contributed by atoms with Crippen LogP contribution in [0.4, 0.5) is 5.69 Å². The largest absolute Gasteiger partial charge is 0.380 e. The van der Waals surface area contributed by atoms with Gasteiger partial charge in [-0.05, 0) is 31.0 Å². The molecule has 6 nitrogen and oxygen atoms in total. The van der Waals surface area contributed by atoms with Gasteiger partial charge in [0.25, 0.3) is 5.56 Å². The molecule has 4 aromatic rings. The van der Waals surface area contributed by atoms with Crippen molar-refractivity contribution in [3.63, 3.8) is 0 Å². The van der Waals surface area contributed by atoms with E-state index in [-0.39, 0.29) is 23.9 Å². The molecule has 0 bridgehead atoms. The summed E-state index contributed by atoms with van der Waals surface area (Å²) < 4.78 is 1.57. The fraction of sp³-hybridized carbons (Fsp3) is 0.269. The quantitative estimate of drug-likeness (QED) is 0.461. The zero-order valence-corrected chi connectivity index (χ0v) is 19.3. The van der Waals surface area contributed by atoms with E-state index in [4.69, 9.17) is 0 Å². The highest BCUT2D eigenvalue weighted by atomic mass is 32.1. The SMILES string of the molecule is Cc1ccc(-c2csc3ncn(CCC(=O)N4CCC(Nc5ccccc5)C4)c(=O)c23)cc1. The molecule has 1 unspecified atom stereocenters. The second kappa shape index (κ2) is 9.19. The lowest BCUT2D eigenvalue weighted by Gasteiger charge is -2.18. The predicted octanol–water partition coefficient (Wildman–Crippen LogP) is 4.54. The monoisotopic (exact) mass is 458 g/mol. The molecule has 5 rings (SSSR count). The highest BCUT2D eigenvalue weighted by molar-refractivity contribution is 7.17. The molecule has 1 atom stereocenters. The maximum Gasteiger partial charge on any atom is 0.262 e. The van der Waals surface area contributed by atoms with Crippen LogP contribution in [0, 0.1) is 6.92 Å². The Labute approximate surface area is 196 Å². The maximum absolute atomic E-state index is 13.2. The van der Waals surface area contributed by atoms with Gasteiger partial charge in [-0.3, -0.25) is 14.2 Å². The van der Waals surface area contributed by atoms with Gasteiger partial charge in [-0.1, -0.05) is 48.0 Å². The van der Waals surface area contributed by atoms with Gasteiger partial charge in [0, 0.05) is 48.7 Å². The first-order chi connectivity index (χ1) is 16.1. The Kier molecular flexibility index (Phi) is 5.96. The lowest BCUT2D eigenvalue weighted by atomic mass is 10.1. The summed E-state index contributed by atoms with van der Waals surface area (Å²) in [5, 5.41) is 6.11. The number of aromatic nitrogens is 2. The Morgan fingerprint density at radius 1 is 1.15 bits per heavy atom. The molecule has 0 saturated carbocycles. The summed E-state index contributed by atoms with van der Waals surface area (Å²) in [5.41, 5.74) is 4.07. The van der Waals surface area contributed by atoms with E-state index in [2.05, 4.69) is 10.3 Å². The van der Waals surface area contributed by atoms with Crippen molar-refractivity contribution in [1.29, 1.82) is 0 Å². The van der Waals surface area contributed by atoms with Gasteiger partial charge in [0.05, 0.1) is 11.7 Å². The van der Waals surface area contributed by atoms with Gasteiger partial charge in [0.2, 0.25) is 5.91 Å². The van der Waals surface area contributed by atoms with Crippen LogP contribution in [0.15, 0.2) is 71.1 Å². The number of fused-ring (bicyclic) bond motifs is 1. The van der Waals surface area contributed by atoms with Gasteiger partial charge < -0.3 is 10.2 Å². The van der Waals surface area contributed by atoms with Gasteiger partial charge in [-0.2, -0.15) is 0 Å². The summed E-state index contributed by atoms with van der Waals surface area (Å²) in [6.07, 6.45) is 2.77. The van der Waals surface area contributed by atoms with Crippen molar-refractivity contribution in [1.82, 2.24) is 14.5 Å². The van der Waals surface area contributed by atoms with E-state index < -0.39 is 0 Å². The first-order valence-corrected chi connectivity index (χ1v) is 12.1. The van der Waals surface area contributed by atoms with Crippen molar-refractivity contribution in [2.24, 2.45) is 0 Å². The molecule has 1 aliphatic rings. The van der Waals surface area contributed by atoms with Crippen molar-refractivity contribution in [2.45, 2.75) is 32.4 Å². The normalized spacial score (nSPS) is 15.8. The van der Waals surface area contributed by atoms with E-state index in [1.165, 1.54) is 16.9 Å². The van der Waals surface area contributed by atoms with Crippen molar-refractivity contribution < 1.29 is 4.79 Å². The summed E-state index contributed by atoms with van der Waals surface area (Å²) in [4.78, 5) is 33.2.